The van der Waals surface area contributed by atoms with Gasteiger partial charge in [-0.25, -0.2) is 4.79 Å². The monoisotopic (exact) mass is 462 g/mol. The van der Waals surface area contributed by atoms with Gasteiger partial charge in [-0.1, -0.05) is 12.1 Å². The smallest absolute Gasteiger partial charge is 0.326 e. The molecule has 1 aromatic heterocycles. The van der Waals surface area contributed by atoms with Gasteiger partial charge < -0.3 is 19.8 Å². The van der Waals surface area contributed by atoms with Crippen molar-refractivity contribution in [3.63, 3.8) is 0 Å². The minimum absolute atomic E-state index is 0.137. The lowest BCUT2D eigenvalue weighted by Crippen LogP contribution is -2.52. The van der Waals surface area contributed by atoms with E-state index in [1.54, 1.807) is 60.9 Å². The van der Waals surface area contributed by atoms with Gasteiger partial charge in [-0.3, -0.25) is 19.4 Å². The van der Waals surface area contributed by atoms with Crippen LogP contribution in [0.4, 0.5) is 21.9 Å². The Morgan fingerprint density at radius 2 is 1.79 bits per heavy atom. The van der Waals surface area contributed by atoms with Crippen LogP contribution in [0.25, 0.3) is 0 Å². The van der Waals surface area contributed by atoms with E-state index in [1.807, 2.05) is 13.0 Å². The van der Waals surface area contributed by atoms with Crippen molar-refractivity contribution in [1.29, 1.82) is 0 Å². The number of hydrogen-bond acceptors (Lipinski definition) is 5. The van der Waals surface area contributed by atoms with Gasteiger partial charge in [0.2, 0.25) is 11.8 Å². The second-order valence-corrected chi connectivity index (χ2v) is 7.62. The van der Waals surface area contributed by atoms with Crippen LogP contribution in [0.15, 0.2) is 71.3 Å². The van der Waals surface area contributed by atoms with Crippen LogP contribution in [0.1, 0.15) is 12.7 Å². The highest BCUT2D eigenvalue weighted by atomic mass is 16.5. The van der Waals surface area contributed by atoms with Gasteiger partial charge in [0.25, 0.3) is 0 Å². The van der Waals surface area contributed by atoms with E-state index in [9.17, 15) is 14.4 Å². The number of amides is 4. The highest BCUT2D eigenvalue weighted by Crippen LogP contribution is 2.33. The van der Waals surface area contributed by atoms with Crippen LogP contribution in [-0.2, 0) is 16.0 Å². The molecule has 4 amide bonds. The fraction of sp³-hybridized carbons (Fsp3) is 0.240. The molecule has 1 aliphatic heterocycles. The van der Waals surface area contributed by atoms with Crippen molar-refractivity contribution in [1.82, 2.24) is 5.32 Å². The van der Waals surface area contributed by atoms with Crippen molar-refractivity contribution in [3.05, 3.63) is 72.7 Å². The van der Waals surface area contributed by atoms with Crippen molar-refractivity contribution in [2.75, 3.05) is 41.4 Å². The molecule has 0 atom stereocenters. The maximum absolute atomic E-state index is 13.0. The first kappa shape index (κ1) is 22.9. The van der Waals surface area contributed by atoms with Gasteiger partial charge in [0, 0.05) is 18.7 Å². The number of benzene rings is 2. The molecule has 9 heteroatoms. The maximum atomic E-state index is 13.0. The van der Waals surface area contributed by atoms with Gasteiger partial charge in [0.05, 0.1) is 24.2 Å². The first-order chi connectivity index (χ1) is 16.5. The van der Waals surface area contributed by atoms with Gasteiger partial charge in [-0.2, -0.15) is 0 Å². The van der Waals surface area contributed by atoms with Gasteiger partial charge in [0.15, 0.2) is 0 Å². The molecule has 0 bridgehead atoms. The molecule has 0 aliphatic carbocycles. The van der Waals surface area contributed by atoms with Crippen molar-refractivity contribution in [2.45, 2.75) is 13.3 Å². The molecule has 176 valence electrons. The number of anilines is 3. The predicted octanol–water partition coefficient (Wildman–Crippen LogP) is 3.42. The first-order valence-electron chi connectivity index (χ1n) is 11.0. The zero-order valence-electron chi connectivity index (χ0n) is 18.8. The van der Waals surface area contributed by atoms with Crippen molar-refractivity contribution < 1.29 is 23.5 Å². The number of fused-ring (bicyclic) bond motifs is 1. The Morgan fingerprint density at radius 1 is 1.03 bits per heavy atom. The summed E-state index contributed by atoms with van der Waals surface area (Å²) in [6, 6.07) is 17.2. The van der Waals surface area contributed by atoms with E-state index in [4.69, 9.17) is 9.15 Å². The van der Waals surface area contributed by atoms with E-state index < -0.39 is 6.03 Å². The summed E-state index contributed by atoms with van der Waals surface area (Å²) in [5.74, 6) is 0.842. The van der Waals surface area contributed by atoms with Crippen molar-refractivity contribution in [2.24, 2.45) is 0 Å². The van der Waals surface area contributed by atoms with E-state index in [-0.39, 0.29) is 24.9 Å². The summed E-state index contributed by atoms with van der Waals surface area (Å²) in [4.78, 5) is 41.2. The maximum Gasteiger partial charge on any atom is 0.326 e. The Bertz CT molecular complexity index is 1140. The summed E-state index contributed by atoms with van der Waals surface area (Å²) < 4.78 is 10.7. The van der Waals surface area contributed by atoms with Crippen LogP contribution < -0.4 is 25.2 Å². The number of para-hydroxylation sites is 2. The SMILES string of the molecule is CCOc1ccc(NC(=O)N2CC(=O)N(CC(=O)NCCc3ccco3)c3ccccc32)cc1. The molecule has 3 aromatic rings. The van der Waals surface area contributed by atoms with Crippen molar-refractivity contribution >= 4 is 34.9 Å². The predicted molar refractivity (Wildman–Crippen MR) is 128 cm³/mol. The fourth-order valence-corrected chi connectivity index (χ4v) is 3.69. The number of carbonyl (C=O) groups excluding carboxylic acids is 3. The minimum Gasteiger partial charge on any atom is -0.494 e. The molecule has 1 aliphatic rings. The van der Waals surface area contributed by atoms with Crippen LogP contribution in [0.2, 0.25) is 0 Å². The Kier molecular flexibility index (Phi) is 7.12. The lowest BCUT2D eigenvalue weighted by molar-refractivity contribution is -0.123. The number of furan rings is 1. The summed E-state index contributed by atoms with van der Waals surface area (Å²) in [6.07, 6.45) is 2.14. The molecule has 2 aromatic carbocycles. The summed E-state index contributed by atoms with van der Waals surface area (Å²) in [6.45, 7) is 2.53. The second-order valence-electron chi connectivity index (χ2n) is 7.62. The number of rotatable bonds is 8. The third-order valence-electron chi connectivity index (χ3n) is 5.29. The molecule has 4 rings (SSSR count). The largest absolute Gasteiger partial charge is 0.494 e. The number of hydrogen-bond donors (Lipinski definition) is 2. The van der Waals surface area contributed by atoms with Crippen LogP contribution >= 0.6 is 0 Å². The zero-order chi connectivity index (χ0) is 23.9. The normalized spacial score (nSPS) is 12.8. The molecule has 2 N–H and O–H groups in total. The lowest BCUT2D eigenvalue weighted by atomic mass is 10.1. The molecule has 0 unspecified atom stereocenters. The average Bonchev–Trinajstić information content (AvgIpc) is 3.35. The second kappa shape index (κ2) is 10.6. The number of nitrogens with one attached hydrogen (secondary N) is 2. The molecule has 34 heavy (non-hydrogen) atoms. The Balaban J connectivity index is 1.42. The quantitative estimate of drug-likeness (QED) is 0.534. The molecule has 9 nitrogen and oxygen atoms in total. The van der Waals surface area contributed by atoms with E-state index in [2.05, 4.69) is 10.6 Å². The lowest BCUT2D eigenvalue weighted by Gasteiger charge is -2.35. The third kappa shape index (κ3) is 5.37. The number of nitrogens with zero attached hydrogens (tertiary/aromatic N) is 2. The number of ether oxygens (including phenoxy) is 1. The topological polar surface area (TPSA) is 104 Å². The fourth-order valence-electron chi connectivity index (χ4n) is 3.69. The molecule has 0 saturated carbocycles. The zero-order valence-corrected chi connectivity index (χ0v) is 18.8. The highest BCUT2D eigenvalue weighted by molar-refractivity contribution is 6.15. The van der Waals surface area contributed by atoms with Gasteiger partial charge in [-0.05, 0) is 55.5 Å². The van der Waals surface area contributed by atoms with Crippen LogP contribution in [-0.4, -0.2) is 44.1 Å². The average molecular weight is 463 g/mol. The van der Waals surface area contributed by atoms with Crippen molar-refractivity contribution in [3.8, 4) is 5.75 Å². The van der Waals surface area contributed by atoms with Crippen LogP contribution in [0.5, 0.6) is 5.75 Å². The minimum atomic E-state index is -0.437. The Morgan fingerprint density at radius 3 is 2.50 bits per heavy atom. The van der Waals surface area contributed by atoms with E-state index >= 15 is 0 Å². The first-order valence-corrected chi connectivity index (χ1v) is 11.0. The number of carbonyl (C=O) groups is 3. The summed E-state index contributed by atoms with van der Waals surface area (Å²) in [7, 11) is 0. The van der Waals surface area contributed by atoms with Gasteiger partial charge >= 0.3 is 6.03 Å². The molecule has 0 radical (unpaired) electrons. The third-order valence-corrected chi connectivity index (χ3v) is 5.29. The van der Waals surface area contributed by atoms with E-state index in [0.717, 1.165) is 5.76 Å². The molecular weight excluding hydrogens is 436 g/mol. The molecule has 0 fully saturated rings. The van der Waals surface area contributed by atoms with Gasteiger partial charge in [-0.15, -0.1) is 0 Å². The standard InChI is InChI=1S/C25H26N4O5/c1-2-33-20-11-9-18(10-12-20)27-25(32)29-17-24(31)28(21-7-3-4-8-22(21)29)16-23(30)26-14-13-19-6-5-15-34-19/h3-12,15H,2,13-14,16-17H2,1H3,(H,26,30)(H,27,32). The Labute approximate surface area is 197 Å². The van der Waals surface area contributed by atoms with E-state index in [1.165, 1.54) is 9.80 Å². The number of urea groups is 1. The highest BCUT2D eigenvalue weighted by Gasteiger charge is 2.33. The molecule has 2 heterocycles. The molecular formula is C25H26N4O5. The Hall–Kier alpha value is -4.27. The molecule has 0 spiro atoms. The summed E-state index contributed by atoms with van der Waals surface area (Å²) >= 11 is 0. The molecule has 0 saturated heterocycles. The summed E-state index contributed by atoms with van der Waals surface area (Å²) in [5.41, 5.74) is 1.63. The van der Waals surface area contributed by atoms with Crippen LogP contribution in [0, 0.1) is 0 Å². The van der Waals surface area contributed by atoms with Gasteiger partial charge in [0.1, 0.15) is 24.6 Å². The van der Waals surface area contributed by atoms with E-state index in [0.29, 0.717) is 42.4 Å². The van der Waals surface area contributed by atoms with Crippen LogP contribution in [0.3, 0.4) is 0 Å². The summed E-state index contributed by atoms with van der Waals surface area (Å²) in [5, 5.41) is 5.62.